The predicted octanol–water partition coefficient (Wildman–Crippen LogP) is 4.39. The van der Waals surface area contributed by atoms with Gasteiger partial charge in [-0.1, -0.05) is 23.2 Å². The smallest absolute Gasteiger partial charge is 0.249 e. The van der Waals surface area contributed by atoms with Crippen LogP contribution in [0.5, 0.6) is 11.5 Å². The Kier molecular flexibility index (Phi) is 4.17. The highest BCUT2D eigenvalue weighted by molar-refractivity contribution is 6.35. The van der Waals surface area contributed by atoms with Gasteiger partial charge in [0.1, 0.15) is 0 Å². The number of ether oxygens (including phenoxy) is 2. The molecule has 0 saturated heterocycles. The number of nitrogens with one attached hydrogen (secondary N) is 2. The maximum absolute atomic E-state index is 5.99. The van der Waals surface area contributed by atoms with Crippen LogP contribution < -0.4 is 20.1 Å². The van der Waals surface area contributed by atoms with Gasteiger partial charge in [-0.3, -0.25) is 0 Å². The summed E-state index contributed by atoms with van der Waals surface area (Å²) in [6.45, 7) is 0.221. The lowest BCUT2D eigenvalue weighted by Gasteiger charge is -2.09. The Balaban J connectivity index is 1.53. The minimum atomic E-state index is 0.221. The quantitative estimate of drug-likeness (QED) is 0.699. The summed E-state index contributed by atoms with van der Waals surface area (Å²) in [7, 11) is 0. The number of anilines is 4. The molecule has 2 N–H and O–H groups in total. The van der Waals surface area contributed by atoms with E-state index in [2.05, 4.69) is 25.8 Å². The fourth-order valence-corrected chi connectivity index (χ4v) is 2.82. The highest BCUT2D eigenvalue weighted by Gasteiger charge is 2.13. The number of nitrogens with zero attached hydrogens (tertiary/aromatic N) is 3. The molecule has 126 valence electrons. The molecular formula is C16H11Cl2N5O2. The van der Waals surface area contributed by atoms with Crippen molar-refractivity contribution in [2.75, 3.05) is 17.4 Å². The van der Waals surface area contributed by atoms with Gasteiger partial charge in [-0.25, -0.2) is 0 Å². The number of hydrogen-bond acceptors (Lipinski definition) is 7. The Bertz CT molecular complexity index is 918. The highest BCUT2D eigenvalue weighted by Crippen LogP contribution is 2.34. The molecule has 0 atom stereocenters. The van der Waals surface area contributed by atoms with Crippen LogP contribution in [0.25, 0.3) is 0 Å². The molecule has 0 fully saturated rings. The maximum atomic E-state index is 5.99. The molecule has 7 nitrogen and oxygen atoms in total. The van der Waals surface area contributed by atoms with Gasteiger partial charge in [-0.2, -0.15) is 10.1 Å². The second-order valence-corrected chi connectivity index (χ2v) is 6.01. The molecule has 0 amide bonds. The van der Waals surface area contributed by atoms with Crippen molar-refractivity contribution < 1.29 is 9.47 Å². The third-order valence-electron chi connectivity index (χ3n) is 3.32. The molecule has 0 radical (unpaired) electrons. The maximum Gasteiger partial charge on any atom is 0.249 e. The number of rotatable bonds is 4. The van der Waals surface area contributed by atoms with E-state index in [0.717, 1.165) is 5.69 Å². The first-order valence-electron chi connectivity index (χ1n) is 7.25. The van der Waals surface area contributed by atoms with E-state index in [4.69, 9.17) is 32.7 Å². The first-order chi connectivity index (χ1) is 12.2. The zero-order valence-corrected chi connectivity index (χ0v) is 14.2. The van der Waals surface area contributed by atoms with Crippen molar-refractivity contribution in [3.05, 3.63) is 52.6 Å². The van der Waals surface area contributed by atoms with Crippen molar-refractivity contribution in [3.63, 3.8) is 0 Å². The fourth-order valence-electron chi connectivity index (χ4n) is 2.29. The average Bonchev–Trinajstić information content (AvgIpc) is 3.02. The number of fused-ring (bicyclic) bond motifs is 1. The van der Waals surface area contributed by atoms with Crippen LogP contribution in [-0.2, 0) is 0 Å². The lowest BCUT2D eigenvalue weighted by molar-refractivity contribution is 0.174. The summed E-state index contributed by atoms with van der Waals surface area (Å²) in [5.41, 5.74) is 1.46. The number of hydrogen-bond donors (Lipinski definition) is 2. The largest absolute Gasteiger partial charge is 0.454 e. The monoisotopic (exact) mass is 375 g/mol. The molecule has 2 heterocycles. The lowest BCUT2D eigenvalue weighted by atomic mass is 10.3. The van der Waals surface area contributed by atoms with Crippen molar-refractivity contribution >= 4 is 46.3 Å². The molecule has 3 aromatic rings. The number of aromatic nitrogens is 3. The molecule has 0 aliphatic carbocycles. The molecular weight excluding hydrogens is 365 g/mol. The van der Waals surface area contributed by atoms with Gasteiger partial charge >= 0.3 is 0 Å². The van der Waals surface area contributed by atoms with Crippen molar-refractivity contribution in [1.29, 1.82) is 0 Å². The van der Waals surface area contributed by atoms with Crippen molar-refractivity contribution in [2.24, 2.45) is 0 Å². The molecule has 1 aliphatic rings. The third-order valence-corrected chi connectivity index (χ3v) is 3.76. The minimum Gasteiger partial charge on any atom is -0.454 e. The Morgan fingerprint density at radius 2 is 1.68 bits per heavy atom. The van der Waals surface area contributed by atoms with E-state index < -0.39 is 0 Å². The lowest BCUT2D eigenvalue weighted by Crippen LogP contribution is -2.02. The second kappa shape index (κ2) is 6.62. The zero-order valence-electron chi connectivity index (χ0n) is 12.7. The third kappa shape index (κ3) is 3.67. The van der Waals surface area contributed by atoms with Gasteiger partial charge in [0.2, 0.25) is 12.7 Å². The average molecular weight is 376 g/mol. The number of halogens is 2. The van der Waals surface area contributed by atoms with Gasteiger partial charge in [0, 0.05) is 27.5 Å². The summed E-state index contributed by atoms with van der Waals surface area (Å²) in [6, 6.07) is 10.6. The van der Waals surface area contributed by atoms with E-state index in [0.29, 0.717) is 39.0 Å². The van der Waals surface area contributed by atoms with Gasteiger partial charge < -0.3 is 20.1 Å². The summed E-state index contributed by atoms with van der Waals surface area (Å²) < 4.78 is 10.6. The Morgan fingerprint density at radius 1 is 0.880 bits per heavy atom. The van der Waals surface area contributed by atoms with E-state index in [1.54, 1.807) is 18.2 Å². The second-order valence-electron chi connectivity index (χ2n) is 5.14. The fraction of sp³-hybridized carbons (Fsp3) is 0.0625. The molecule has 1 aromatic heterocycles. The molecule has 0 saturated carbocycles. The topological polar surface area (TPSA) is 81.2 Å². The van der Waals surface area contributed by atoms with Gasteiger partial charge in [-0.05, 0) is 30.3 Å². The summed E-state index contributed by atoms with van der Waals surface area (Å²) in [5.74, 6) is 2.20. The van der Waals surface area contributed by atoms with E-state index in [9.17, 15) is 0 Å². The standard InChI is InChI=1S/C16H11Cl2N5O2/c17-9-3-10(18)5-12(4-9)20-15-7-19-23-16(22-15)21-11-1-2-13-14(6-11)25-8-24-13/h1-7H,8H2,(H2,20,21,22,23). The molecule has 0 unspecified atom stereocenters. The van der Waals surface area contributed by atoms with Crippen LogP contribution in [0.2, 0.25) is 10.0 Å². The summed E-state index contributed by atoms with van der Waals surface area (Å²) >= 11 is 12.0. The normalized spacial score (nSPS) is 12.1. The first kappa shape index (κ1) is 15.7. The minimum absolute atomic E-state index is 0.221. The molecule has 1 aliphatic heterocycles. The number of benzene rings is 2. The zero-order chi connectivity index (χ0) is 17.2. The molecule has 25 heavy (non-hydrogen) atoms. The first-order valence-corrected chi connectivity index (χ1v) is 8.01. The van der Waals surface area contributed by atoms with Crippen LogP contribution in [-0.4, -0.2) is 22.0 Å². The van der Waals surface area contributed by atoms with Gasteiger partial charge in [-0.15, -0.1) is 5.10 Å². The molecule has 0 spiro atoms. The van der Waals surface area contributed by atoms with E-state index in [-0.39, 0.29) is 6.79 Å². The van der Waals surface area contributed by atoms with Gasteiger partial charge in [0.15, 0.2) is 17.3 Å². The van der Waals surface area contributed by atoms with Gasteiger partial charge in [0.05, 0.1) is 6.20 Å². The highest BCUT2D eigenvalue weighted by atomic mass is 35.5. The molecule has 2 aromatic carbocycles. The Hall–Kier alpha value is -2.77. The SMILES string of the molecule is Clc1cc(Cl)cc(Nc2cnnc(Nc3ccc4c(c3)OCO4)n2)c1. The van der Waals surface area contributed by atoms with Gasteiger partial charge in [0.25, 0.3) is 0 Å². The molecule has 4 rings (SSSR count). The predicted molar refractivity (Wildman–Crippen MR) is 95.4 cm³/mol. The van der Waals surface area contributed by atoms with E-state index >= 15 is 0 Å². The van der Waals surface area contributed by atoms with Crippen molar-refractivity contribution in [1.82, 2.24) is 15.2 Å². The van der Waals surface area contributed by atoms with Crippen LogP contribution in [0.4, 0.5) is 23.1 Å². The van der Waals surface area contributed by atoms with Crippen LogP contribution >= 0.6 is 23.2 Å². The van der Waals surface area contributed by atoms with Crippen molar-refractivity contribution in [2.45, 2.75) is 0 Å². The summed E-state index contributed by atoms with van der Waals surface area (Å²) in [4.78, 5) is 4.36. The van der Waals surface area contributed by atoms with E-state index in [1.807, 2.05) is 18.2 Å². The van der Waals surface area contributed by atoms with Crippen LogP contribution in [0.3, 0.4) is 0 Å². The Morgan fingerprint density at radius 3 is 2.52 bits per heavy atom. The van der Waals surface area contributed by atoms with Crippen LogP contribution in [0.15, 0.2) is 42.6 Å². The van der Waals surface area contributed by atoms with Crippen LogP contribution in [0.1, 0.15) is 0 Å². The van der Waals surface area contributed by atoms with E-state index in [1.165, 1.54) is 6.20 Å². The molecule has 9 heteroatoms. The summed E-state index contributed by atoms with van der Waals surface area (Å²) in [5, 5.41) is 15.1. The van der Waals surface area contributed by atoms with Crippen LogP contribution in [0, 0.1) is 0 Å². The van der Waals surface area contributed by atoms with Crippen molar-refractivity contribution in [3.8, 4) is 11.5 Å². The molecule has 0 bridgehead atoms. The Labute approximate surface area is 152 Å². The summed E-state index contributed by atoms with van der Waals surface area (Å²) in [6.07, 6.45) is 1.50.